The molecule has 2 saturated heterocycles. The van der Waals surface area contributed by atoms with Crippen LogP contribution in [0.15, 0.2) is 0 Å². The maximum Gasteiger partial charge on any atom is 0.271 e. The molecule has 2 atom stereocenters. The van der Waals surface area contributed by atoms with E-state index in [2.05, 4.69) is 20.2 Å². The number of morpholine rings is 1. The molecule has 4 N–H and O–H groups in total. The number of rotatable bonds is 7. The van der Waals surface area contributed by atoms with Gasteiger partial charge in [-0.3, -0.25) is 14.5 Å². The van der Waals surface area contributed by atoms with E-state index in [1.54, 1.807) is 6.92 Å². The van der Waals surface area contributed by atoms with Crippen LogP contribution in [-0.4, -0.2) is 83.1 Å². The number of amides is 2. The Kier molecular flexibility index (Phi) is 6.05. The molecule has 3 heterocycles. The number of H-pyrrole nitrogens is 1. The first-order valence-electron chi connectivity index (χ1n) is 10.7. The highest BCUT2D eigenvalue weighted by atomic mass is 16.5. The average molecular weight is 405 g/mol. The molecule has 1 aromatic rings. The summed E-state index contributed by atoms with van der Waals surface area (Å²) in [7, 11) is 0. The Morgan fingerprint density at radius 3 is 2.59 bits per heavy atom. The lowest BCUT2D eigenvalue weighted by molar-refractivity contribution is -0.136. The molecule has 0 aromatic carbocycles. The van der Waals surface area contributed by atoms with Gasteiger partial charge in [0.15, 0.2) is 11.6 Å². The van der Waals surface area contributed by atoms with Crippen LogP contribution in [0.4, 0.5) is 5.95 Å². The van der Waals surface area contributed by atoms with Crippen molar-refractivity contribution in [1.82, 2.24) is 25.1 Å². The normalized spacial score (nSPS) is 25.3. The molecule has 9 nitrogen and oxygen atoms in total. The molecule has 9 heteroatoms. The first-order chi connectivity index (χ1) is 14.0. The number of aryl methyl sites for hydroxylation is 1. The minimum absolute atomic E-state index is 0.199. The van der Waals surface area contributed by atoms with Crippen molar-refractivity contribution in [3.63, 3.8) is 0 Å². The predicted octanol–water partition coefficient (Wildman–Crippen LogP) is 0.522. The van der Waals surface area contributed by atoms with Crippen molar-refractivity contribution in [3.05, 3.63) is 11.4 Å². The number of anilines is 1. The van der Waals surface area contributed by atoms with Gasteiger partial charge in [0.1, 0.15) is 0 Å². The van der Waals surface area contributed by atoms with Crippen LogP contribution in [0.2, 0.25) is 0 Å². The van der Waals surface area contributed by atoms with Crippen molar-refractivity contribution < 1.29 is 14.3 Å². The Labute approximate surface area is 171 Å². The van der Waals surface area contributed by atoms with Gasteiger partial charge in [-0.15, -0.1) is 0 Å². The minimum Gasteiger partial charge on any atom is -0.378 e. The highest BCUT2D eigenvalue weighted by Gasteiger charge is 2.38. The van der Waals surface area contributed by atoms with Gasteiger partial charge in [-0.2, -0.15) is 0 Å². The molecule has 4 rings (SSSR count). The van der Waals surface area contributed by atoms with E-state index < -0.39 is 0 Å². The van der Waals surface area contributed by atoms with E-state index in [0.717, 1.165) is 25.3 Å². The molecule has 0 bridgehead atoms. The Bertz CT molecular complexity index is 741. The topological polar surface area (TPSA) is 117 Å². The third-order valence-corrected chi connectivity index (χ3v) is 6.33. The van der Waals surface area contributed by atoms with Crippen LogP contribution < -0.4 is 11.1 Å². The lowest BCUT2D eigenvalue weighted by Gasteiger charge is -2.33. The van der Waals surface area contributed by atoms with Gasteiger partial charge >= 0.3 is 0 Å². The third-order valence-electron chi connectivity index (χ3n) is 6.33. The Hall–Kier alpha value is -2.13. The first-order valence-corrected chi connectivity index (χ1v) is 10.7. The quantitative estimate of drug-likeness (QED) is 0.610. The van der Waals surface area contributed by atoms with Crippen LogP contribution in [0.1, 0.15) is 48.3 Å². The number of carbonyl (C=O) groups excluding carboxylic acids is 2. The summed E-state index contributed by atoms with van der Waals surface area (Å²) in [6.07, 6.45) is 5.09. The van der Waals surface area contributed by atoms with Gasteiger partial charge in [-0.05, 0) is 38.5 Å². The summed E-state index contributed by atoms with van der Waals surface area (Å²) in [5.41, 5.74) is 6.68. The highest BCUT2D eigenvalue weighted by Crippen LogP contribution is 2.35. The second kappa shape index (κ2) is 8.71. The lowest BCUT2D eigenvalue weighted by Crippen LogP contribution is -2.47. The zero-order valence-electron chi connectivity index (χ0n) is 17.2. The van der Waals surface area contributed by atoms with E-state index in [-0.39, 0.29) is 29.8 Å². The smallest absolute Gasteiger partial charge is 0.271 e. The fourth-order valence-corrected chi connectivity index (χ4v) is 4.49. The fourth-order valence-electron chi connectivity index (χ4n) is 4.49. The van der Waals surface area contributed by atoms with Gasteiger partial charge in [-0.1, -0.05) is 0 Å². The van der Waals surface area contributed by atoms with Gasteiger partial charge in [-0.25, -0.2) is 4.98 Å². The molecule has 0 radical (unpaired) electrons. The summed E-state index contributed by atoms with van der Waals surface area (Å²) in [5.74, 6) is 1.02. The van der Waals surface area contributed by atoms with Crippen molar-refractivity contribution in [2.75, 3.05) is 45.1 Å². The molecule has 0 unspecified atom stereocenters. The van der Waals surface area contributed by atoms with Crippen molar-refractivity contribution >= 4 is 17.8 Å². The number of hydrogen-bond donors (Lipinski definition) is 3. The molecule has 1 aromatic heterocycles. The van der Waals surface area contributed by atoms with E-state index in [4.69, 9.17) is 10.5 Å². The van der Waals surface area contributed by atoms with Gasteiger partial charge in [0.25, 0.3) is 5.91 Å². The number of nitrogens with one attached hydrogen (secondary N) is 2. The Balaban J connectivity index is 1.34. The van der Waals surface area contributed by atoms with E-state index in [1.165, 1.54) is 12.8 Å². The van der Waals surface area contributed by atoms with Gasteiger partial charge in [0, 0.05) is 50.4 Å². The highest BCUT2D eigenvalue weighted by molar-refractivity contribution is 5.93. The number of nitrogen functional groups attached to an aromatic ring is 1. The summed E-state index contributed by atoms with van der Waals surface area (Å²) >= 11 is 0. The summed E-state index contributed by atoms with van der Waals surface area (Å²) in [6, 6.07) is 0.522. The summed E-state index contributed by atoms with van der Waals surface area (Å²) in [4.78, 5) is 36.6. The predicted molar refractivity (Wildman–Crippen MR) is 108 cm³/mol. The van der Waals surface area contributed by atoms with Crippen LogP contribution >= 0.6 is 0 Å². The third kappa shape index (κ3) is 4.90. The van der Waals surface area contributed by atoms with Crippen LogP contribution in [-0.2, 0) is 9.53 Å². The van der Waals surface area contributed by atoms with Crippen molar-refractivity contribution in [2.45, 2.75) is 51.1 Å². The molecule has 160 valence electrons. The summed E-state index contributed by atoms with van der Waals surface area (Å²) in [6.45, 7) is 6.04. The van der Waals surface area contributed by atoms with E-state index in [1.807, 2.05) is 4.90 Å². The second-order valence-electron chi connectivity index (χ2n) is 8.53. The lowest BCUT2D eigenvalue weighted by atomic mass is 10.1. The van der Waals surface area contributed by atoms with E-state index in [0.29, 0.717) is 50.7 Å². The van der Waals surface area contributed by atoms with Crippen molar-refractivity contribution in [1.29, 1.82) is 0 Å². The Morgan fingerprint density at radius 1 is 1.21 bits per heavy atom. The molecule has 29 heavy (non-hydrogen) atoms. The number of likely N-dealkylation sites (tertiary alicyclic amines) is 1. The number of imidazole rings is 1. The molecule has 3 aliphatic rings. The van der Waals surface area contributed by atoms with Crippen molar-refractivity contribution in [3.8, 4) is 0 Å². The Morgan fingerprint density at radius 2 is 1.93 bits per heavy atom. The van der Waals surface area contributed by atoms with Gasteiger partial charge in [0.05, 0.1) is 13.2 Å². The number of ether oxygens (including phenoxy) is 1. The zero-order chi connectivity index (χ0) is 20.4. The number of aromatic amines is 1. The molecule has 3 fully saturated rings. The number of nitrogens with zero attached hydrogens (tertiary/aromatic N) is 3. The summed E-state index contributed by atoms with van der Waals surface area (Å²) < 4.78 is 5.36. The number of nitrogens with two attached hydrogens (primary N) is 1. The SMILES string of the molecule is Cc1[nH]c(N)nc1C(=O)NC[C@@H]1CC[C@H](CC(=O)N2CCOCC2)N1CC1CC1. The van der Waals surface area contributed by atoms with Crippen LogP contribution in [0.5, 0.6) is 0 Å². The minimum atomic E-state index is -0.199. The van der Waals surface area contributed by atoms with Gasteiger partial charge < -0.3 is 25.7 Å². The molecule has 2 amide bonds. The molecule has 0 spiro atoms. The maximum absolute atomic E-state index is 12.7. The molecule has 2 aliphatic heterocycles. The maximum atomic E-state index is 12.7. The number of aromatic nitrogens is 2. The summed E-state index contributed by atoms with van der Waals surface area (Å²) in [5, 5.41) is 3.03. The van der Waals surface area contributed by atoms with E-state index in [9.17, 15) is 9.59 Å². The monoisotopic (exact) mass is 404 g/mol. The molecule has 1 saturated carbocycles. The largest absolute Gasteiger partial charge is 0.378 e. The van der Waals surface area contributed by atoms with Gasteiger partial charge in [0.2, 0.25) is 5.91 Å². The average Bonchev–Trinajstić information content (AvgIpc) is 3.37. The van der Waals surface area contributed by atoms with Crippen LogP contribution in [0, 0.1) is 12.8 Å². The number of hydrogen-bond acceptors (Lipinski definition) is 6. The molecular weight excluding hydrogens is 372 g/mol. The van der Waals surface area contributed by atoms with Crippen LogP contribution in [0.3, 0.4) is 0 Å². The standard InChI is InChI=1S/C20H32N6O3/c1-13-18(24-20(21)23-13)19(28)22-11-16-5-4-15(26(16)12-14-2-3-14)10-17(27)25-6-8-29-9-7-25/h14-16H,2-12H2,1H3,(H,22,28)(H3,21,23,24)/t15-,16+/m1/s1. The number of carbonyl (C=O) groups is 2. The molecule has 1 aliphatic carbocycles. The second-order valence-corrected chi connectivity index (χ2v) is 8.53. The first kappa shape index (κ1) is 20.2. The van der Waals surface area contributed by atoms with Crippen LogP contribution in [0.25, 0.3) is 0 Å². The van der Waals surface area contributed by atoms with E-state index >= 15 is 0 Å². The zero-order valence-corrected chi connectivity index (χ0v) is 17.2. The molecular formula is C20H32N6O3. The fraction of sp³-hybridized carbons (Fsp3) is 0.750. The van der Waals surface area contributed by atoms with Crippen molar-refractivity contribution in [2.24, 2.45) is 5.92 Å².